The molecule has 1 aromatic rings. The van der Waals surface area contributed by atoms with Crippen LogP contribution in [0.15, 0.2) is 0 Å². The average Bonchev–Trinajstić information content (AvgIpc) is 2.14. The van der Waals surface area contributed by atoms with Gasteiger partial charge in [-0.3, -0.25) is 5.32 Å². The summed E-state index contributed by atoms with van der Waals surface area (Å²) in [5.41, 5.74) is 10.5. The molecule has 0 radical (unpaired) electrons. The maximum atomic E-state index is 11.3. The molecule has 0 atom stereocenters. The second kappa shape index (κ2) is 3.83. The lowest BCUT2D eigenvalue weighted by molar-refractivity contribution is -0.574. The second-order valence-electron chi connectivity index (χ2n) is 2.50. The average molecular weight is 201 g/mol. The molecule has 1 aromatic heterocycles. The number of hydrogen-bond acceptors (Lipinski definition) is 7. The van der Waals surface area contributed by atoms with Crippen molar-refractivity contribution in [3.8, 4) is 5.88 Å². The van der Waals surface area contributed by atoms with Crippen molar-refractivity contribution in [2.45, 2.75) is 0 Å². The van der Waals surface area contributed by atoms with Crippen molar-refractivity contribution in [1.29, 1.82) is 0 Å². The molecule has 0 unspecified atom stereocenters. The number of nitrogens with two attached hydrogens (primary N) is 2. The number of rotatable bonds is 3. The fraction of sp³-hybridized carbons (Fsp3) is 0.333. The van der Waals surface area contributed by atoms with Crippen LogP contribution in [0.1, 0.15) is 0 Å². The van der Waals surface area contributed by atoms with Gasteiger partial charge in [0.2, 0.25) is 5.82 Å². The normalized spacial score (nSPS) is 10.1. The predicted octanol–water partition coefficient (Wildman–Crippen LogP) is -2.01. The summed E-state index contributed by atoms with van der Waals surface area (Å²) in [6, 6.07) is 0. The van der Waals surface area contributed by atoms with Gasteiger partial charge in [-0.25, -0.2) is 4.73 Å². The Labute approximate surface area is 79.4 Å². The largest absolute Gasteiger partial charge is 0.740 e. The number of nitrogen functional groups attached to an aromatic ring is 2. The van der Waals surface area contributed by atoms with Gasteiger partial charge in [0.1, 0.15) is 0 Å². The fourth-order valence-corrected chi connectivity index (χ4v) is 0.865. The number of aromatic hydroxyl groups is 1. The topological polar surface area (TPSA) is 144 Å². The lowest BCUT2D eigenvalue weighted by Gasteiger charge is -2.14. The molecule has 7 N–H and O–H groups in total. The van der Waals surface area contributed by atoms with Crippen LogP contribution in [0.5, 0.6) is 5.88 Å². The maximum absolute atomic E-state index is 11.3. The number of aliphatic hydroxyl groups is 1. The van der Waals surface area contributed by atoms with E-state index < -0.39 is 5.88 Å². The molecule has 0 aliphatic rings. The molecule has 0 bridgehead atoms. The Morgan fingerprint density at radius 3 is 2.71 bits per heavy atom. The SMILES string of the molecule is Nc1nc(O)c(NCCO)[n+]([O-])c1N. The lowest BCUT2D eigenvalue weighted by atomic mass is 10.5. The van der Waals surface area contributed by atoms with E-state index in [2.05, 4.69) is 10.3 Å². The monoisotopic (exact) mass is 201 g/mol. The summed E-state index contributed by atoms with van der Waals surface area (Å²) in [5.74, 6) is -1.33. The summed E-state index contributed by atoms with van der Waals surface area (Å²) in [7, 11) is 0. The van der Waals surface area contributed by atoms with Crippen LogP contribution in [-0.4, -0.2) is 28.3 Å². The van der Waals surface area contributed by atoms with Crippen LogP contribution in [0.25, 0.3) is 0 Å². The fourth-order valence-electron chi connectivity index (χ4n) is 0.865. The third kappa shape index (κ3) is 1.69. The third-order valence-corrected chi connectivity index (χ3v) is 1.53. The minimum Gasteiger partial charge on any atom is -0.740 e. The summed E-state index contributed by atoms with van der Waals surface area (Å²) in [6.45, 7) is -0.0927. The Hall–Kier alpha value is -1.96. The molecule has 1 rings (SSSR count). The van der Waals surface area contributed by atoms with E-state index in [9.17, 15) is 10.3 Å². The van der Waals surface area contributed by atoms with Crippen molar-refractivity contribution in [3.05, 3.63) is 5.21 Å². The maximum Gasteiger partial charge on any atom is 0.288 e. The van der Waals surface area contributed by atoms with Gasteiger partial charge in [-0.15, -0.1) is 0 Å². The van der Waals surface area contributed by atoms with Gasteiger partial charge in [0.15, 0.2) is 0 Å². The zero-order valence-corrected chi connectivity index (χ0v) is 7.27. The Morgan fingerprint density at radius 1 is 1.50 bits per heavy atom. The van der Waals surface area contributed by atoms with Crippen molar-refractivity contribution < 1.29 is 14.9 Å². The van der Waals surface area contributed by atoms with Gasteiger partial charge in [0.25, 0.3) is 17.5 Å². The van der Waals surface area contributed by atoms with Crippen molar-refractivity contribution in [2.75, 3.05) is 29.9 Å². The highest BCUT2D eigenvalue weighted by atomic mass is 16.5. The zero-order valence-electron chi connectivity index (χ0n) is 7.27. The Balaban J connectivity index is 3.09. The van der Waals surface area contributed by atoms with Crippen molar-refractivity contribution in [3.63, 3.8) is 0 Å². The van der Waals surface area contributed by atoms with Gasteiger partial charge in [-0.2, -0.15) is 4.98 Å². The van der Waals surface area contributed by atoms with Crippen LogP contribution in [-0.2, 0) is 0 Å². The van der Waals surface area contributed by atoms with Gasteiger partial charge in [-0.05, 0) is 0 Å². The highest BCUT2D eigenvalue weighted by Gasteiger charge is 2.15. The third-order valence-electron chi connectivity index (χ3n) is 1.53. The number of anilines is 3. The molecule has 0 aliphatic carbocycles. The molecule has 0 spiro atoms. The van der Waals surface area contributed by atoms with Gasteiger partial charge in [0, 0.05) is 0 Å². The Kier molecular flexibility index (Phi) is 2.77. The highest BCUT2D eigenvalue weighted by molar-refractivity contribution is 5.54. The summed E-state index contributed by atoms with van der Waals surface area (Å²) in [6.07, 6.45) is 0. The first-order valence-electron chi connectivity index (χ1n) is 3.80. The van der Waals surface area contributed by atoms with Crippen molar-refractivity contribution >= 4 is 17.5 Å². The first-order chi connectivity index (χ1) is 6.57. The number of hydrogen-bond donors (Lipinski definition) is 5. The number of aromatic nitrogens is 2. The van der Waals surface area contributed by atoms with Crippen LogP contribution in [0.3, 0.4) is 0 Å². The molecule has 14 heavy (non-hydrogen) atoms. The number of nitrogens with one attached hydrogen (secondary N) is 1. The minimum absolute atomic E-state index is 0.0981. The minimum atomic E-state index is -0.555. The summed E-state index contributed by atoms with van der Waals surface area (Å²) >= 11 is 0. The number of nitrogens with zero attached hydrogens (tertiary/aromatic N) is 2. The van der Waals surface area contributed by atoms with Crippen LogP contribution in [0, 0.1) is 5.21 Å². The molecular formula is C6H11N5O3. The summed E-state index contributed by atoms with van der Waals surface area (Å²) < 4.78 is 0.216. The van der Waals surface area contributed by atoms with E-state index in [4.69, 9.17) is 16.6 Å². The van der Waals surface area contributed by atoms with E-state index in [0.29, 0.717) is 0 Å². The highest BCUT2D eigenvalue weighted by Crippen LogP contribution is 2.19. The van der Waals surface area contributed by atoms with Crippen molar-refractivity contribution in [1.82, 2.24) is 4.98 Å². The first-order valence-corrected chi connectivity index (χ1v) is 3.80. The van der Waals surface area contributed by atoms with E-state index >= 15 is 0 Å². The van der Waals surface area contributed by atoms with Gasteiger partial charge in [-0.1, -0.05) is 0 Å². The smallest absolute Gasteiger partial charge is 0.288 e. The van der Waals surface area contributed by atoms with E-state index in [0.717, 1.165) is 0 Å². The van der Waals surface area contributed by atoms with Crippen LogP contribution < -0.4 is 21.5 Å². The Morgan fingerprint density at radius 2 is 2.14 bits per heavy atom. The number of aliphatic hydroxyl groups excluding tert-OH is 1. The molecule has 0 amide bonds. The second-order valence-corrected chi connectivity index (χ2v) is 2.50. The molecule has 78 valence electrons. The molecule has 0 aliphatic heterocycles. The molecule has 0 fully saturated rings. The van der Waals surface area contributed by atoms with E-state index in [1.807, 2.05) is 0 Å². The Bertz CT molecular complexity index is 343. The molecule has 8 heteroatoms. The zero-order chi connectivity index (χ0) is 10.7. The van der Waals surface area contributed by atoms with Gasteiger partial charge >= 0.3 is 0 Å². The summed E-state index contributed by atoms with van der Waals surface area (Å²) in [4.78, 5) is 3.43. The predicted molar refractivity (Wildman–Crippen MR) is 49.3 cm³/mol. The van der Waals surface area contributed by atoms with E-state index in [1.165, 1.54) is 0 Å². The van der Waals surface area contributed by atoms with Gasteiger partial charge < -0.3 is 26.9 Å². The summed E-state index contributed by atoms with van der Waals surface area (Å²) in [5, 5.41) is 31.4. The molecular weight excluding hydrogens is 190 g/mol. The van der Waals surface area contributed by atoms with Gasteiger partial charge in [0.05, 0.1) is 13.2 Å². The van der Waals surface area contributed by atoms with Crippen LogP contribution in [0.4, 0.5) is 17.5 Å². The lowest BCUT2D eigenvalue weighted by Crippen LogP contribution is -2.36. The molecule has 1 heterocycles. The molecule has 0 aromatic carbocycles. The quantitative estimate of drug-likeness (QED) is 0.280. The van der Waals surface area contributed by atoms with E-state index in [1.54, 1.807) is 0 Å². The van der Waals surface area contributed by atoms with E-state index in [-0.39, 0.29) is 35.3 Å². The molecule has 0 saturated heterocycles. The van der Waals surface area contributed by atoms with Crippen LogP contribution in [0.2, 0.25) is 0 Å². The molecule has 0 saturated carbocycles. The van der Waals surface area contributed by atoms with Crippen molar-refractivity contribution in [2.24, 2.45) is 0 Å². The first kappa shape index (κ1) is 10.1. The van der Waals surface area contributed by atoms with Crippen LogP contribution >= 0.6 is 0 Å². The standard InChI is InChI=1S/C6H11N5O3/c7-3-4(8)11(14)5(6(13)10-3)9-1-2-12/h9,12H,1-2,8H2,(H3,7,10,13). The molecule has 8 nitrogen and oxygen atoms in total.